The number of halogens is 1. The third kappa shape index (κ3) is 5.08. The second-order valence-corrected chi connectivity index (χ2v) is 4.64. The van der Waals surface area contributed by atoms with Crippen LogP contribution in [-0.2, 0) is 11.2 Å². The molecule has 3 heteroatoms. The molecule has 17 heavy (non-hydrogen) atoms. The average molecular weight is 295 g/mol. The van der Waals surface area contributed by atoms with Crippen LogP contribution in [0.3, 0.4) is 0 Å². The Morgan fingerprint density at radius 1 is 1.59 bits per heavy atom. The topological polar surface area (TPSA) is 29.5 Å². The van der Waals surface area contributed by atoms with Gasteiger partial charge in [-0.3, -0.25) is 0 Å². The summed E-state index contributed by atoms with van der Waals surface area (Å²) < 4.78 is 6.17. The zero-order chi connectivity index (χ0) is 12.7. The van der Waals surface area contributed by atoms with Gasteiger partial charge in [-0.25, -0.2) is 0 Å². The lowest BCUT2D eigenvalue weighted by Gasteiger charge is -2.04. The molecule has 1 rings (SSSR count). The van der Waals surface area contributed by atoms with Crippen LogP contribution in [0.25, 0.3) is 0 Å². The van der Waals surface area contributed by atoms with Crippen molar-refractivity contribution in [3.8, 4) is 18.1 Å². The van der Waals surface area contributed by atoms with Gasteiger partial charge in [-0.15, -0.1) is 6.42 Å². The van der Waals surface area contributed by atoms with Crippen molar-refractivity contribution in [3.63, 3.8) is 0 Å². The van der Waals surface area contributed by atoms with E-state index in [9.17, 15) is 5.11 Å². The monoisotopic (exact) mass is 294 g/mol. The Hall–Kier alpha value is -1.24. The summed E-state index contributed by atoms with van der Waals surface area (Å²) in [5, 5.41) is 9.65. The maximum atomic E-state index is 9.65. The number of phenols is 1. The fraction of sp³-hybridized carbons (Fsp3) is 0.286. The smallest absolute Gasteiger partial charge is 0.119 e. The number of ether oxygens (including phenoxy) is 1. The molecule has 0 bridgehead atoms. The number of hydrogen-bond acceptors (Lipinski definition) is 2. The third-order valence-electron chi connectivity index (χ3n) is 2.23. The van der Waals surface area contributed by atoms with E-state index in [1.165, 1.54) is 0 Å². The molecule has 0 aliphatic heterocycles. The molecule has 0 radical (unpaired) electrons. The van der Waals surface area contributed by atoms with Gasteiger partial charge >= 0.3 is 0 Å². The first-order valence-corrected chi connectivity index (χ1v) is 6.07. The highest BCUT2D eigenvalue weighted by Crippen LogP contribution is 2.22. The molecule has 0 amide bonds. The van der Waals surface area contributed by atoms with Crippen LogP contribution in [-0.4, -0.2) is 18.3 Å². The van der Waals surface area contributed by atoms with Crippen molar-refractivity contribution in [3.05, 3.63) is 39.9 Å². The van der Waals surface area contributed by atoms with Gasteiger partial charge in [-0.05, 0) is 37.1 Å². The summed E-state index contributed by atoms with van der Waals surface area (Å²) in [5.74, 6) is 2.73. The molecule has 90 valence electrons. The minimum Gasteiger partial charge on any atom is -0.508 e. The Morgan fingerprint density at radius 3 is 3.06 bits per heavy atom. The average Bonchev–Trinajstić information content (AvgIpc) is 2.31. The van der Waals surface area contributed by atoms with E-state index in [4.69, 9.17) is 11.2 Å². The van der Waals surface area contributed by atoms with Crippen molar-refractivity contribution < 1.29 is 9.84 Å². The zero-order valence-electron chi connectivity index (χ0n) is 9.74. The maximum absolute atomic E-state index is 9.65. The van der Waals surface area contributed by atoms with Crippen LogP contribution in [0, 0.1) is 12.3 Å². The lowest BCUT2D eigenvalue weighted by molar-refractivity contribution is 0.192. The molecular weight excluding hydrogens is 280 g/mol. The molecule has 1 aromatic rings. The van der Waals surface area contributed by atoms with Crippen LogP contribution in [0.5, 0.6) is 5.75 Å². The molecule has 0 saturated heterocycles. The summed E-state index contributed by atoms with van der Waals surface area (Å²) in [7, 11) is 0. The van der Waals surface area contributed by atoms with Crippen LogP contribution < -0.4 is 0 Å². The van der Waals surface area contributed by atoms with Crippen molar-refractivity contribution in [1.82, 2.24) is 0 Å². The molecule has 0 aliphatic carbocycles. The third-order valence-corrected chi connectivity index (χ3v) is 2.72. The zero-order valence-corrected chi connectivity index (χ0v) is 11.3. The Kier molecular flexibility index (Phi) is 5.82. The van der Waals surface area contributed by atoms with E-state index in [1.54, 1.807) is 6.07 Å². The summed E-state index contributed by atoms with van der Waals surface area (Å²) in [4.78, 5) is 0. The SMILES string of the molecule is C#CCOC/C(C)=C/Cc1cc(Br)ccc1O. The molecule has 0 heterocycles. The maximum Gasteiger partial charge on any atom is 0.119 e. The summed E-state index contributed by atoms with van der Waals surface area (Å²) in [6.07, 6.45) is 7.79. The first kappa shape index (κ1) is 13.8. The molecule has 0 atom stereocenters. The van der Waals surface area contributed by atoms with Crippen molar-refractivity contribution in [2.75, 3.05) is 13.2 Å². The summed E-state index contributed by atoms with van der Waals surface area (Å²) in [6.45, 7) is 2.83. The highest BCUT2D eigenvalue weighted by molar-refractivity contribution is 9.10. The Balaban J connectivity index is 2.57. The molecule has 0 aliphatic rings. The van der Waals surface area contributed by atoms with Crippen LogP contribution >= 0.6 is 15.9 Å². The van der Waals surface area contributed by atoms with E-state index < -0.39 is 0 Å². The lowest BCUT2D eigenvalue weighted by Crippen LogP contribution is -1.96. The largest absolute Gasteiger partial charge is 0.508 e. The number of benzene rings is 1. The second-order valence-electron chi connectivity index (χ2n) is 3.72. The van der Waals surface area contributed by atoms with Gasteiger partial charge < -0.3 is 9.84 Å². The standard InChI is InChI=1S/C14H15BrO2/c1-3-8-17-10-11(2)4-5-12-9-13(15)6-7-14(12)16/h1,4,6-7,9,16H,5,8,10H2,2H3/b11-4+. The van der Waals surface area contributed by atoms with E-state index in [0.29, 0.717) is 25.4 Å². The Morgan fingerprint density at radius 2 is 2.35 bits per heavy atom. The van der Waals surface area contributed by atoms with Gasteiger partial charge in [0.1, 0.15) is 12.4 Å². The second kappa shape index (κ2) is 7.16. The fourth-order valence-electron chi connectivity index (χ4n) is 1.33. The van der Waals surface area contributed by atoms with Gasteiger partial charge in [0, 0.05) is 4.47 Å². The summed E-state index contributed by atoms with van der Waals surface area (Å²) in [6, 6.07) is 5.39. The summed E-state index contributed by atoms with van der Waals surface area (Å²) >= 11 is 3.38. The van der Waals surface area contributed by atoms with Gasteiger partial charge in [0.2, 0.25) is 0 Å². The minimum atomic E-state index is 0.307. The highest BCUT2D eigenvalue weighted by Gasteiger charge is 2.00. The van der Waals surface area contributed by atoms with Crippen molar-refractivity contribution in [2.24, 2.45) is 0 Å². The molecule has 0 spiro atoms. The number of hydrogen-bond donors (Lipinski definition) is 1. The van der Waals surface area contributed by atoms with Gasteiger partial charge in [-0.2, -0.15) is 0 Å². The van der Waals surface area contributed by atoms with Crippen molar-refractivity contribution >= 4 is 15.9 Å². The molecule has 2 nitrogen and oxygen atoms in total. The minimum absolute atomic E-state index is 0.307. The lowest BCUT2D eigenvalue weighted by atomic mass is 10.1. The quantitative estimate of drug-likeness (QED) is 0.513. The Bertz CT molecular complexity index is 444. The normalized spacial score (nSPS) is 11.2. The fourth-order valence-corrected chi connectivity index (χ4v) is 1.74. The highest BCUT2D eigenvalue weighted by atomic mass is 79.9. The molecular formula is C14H15BrO2. The molecule has 1 N–H and O–H groups in total. The predicted molar refractivity (Wildman–Crippen MR) is 72.9 cm³/mol. The number of rotatable bonds is 5. The van der Waals surface area contributed by atoms with E-state index in [1.807, 2.05) is 25.1 Å². The number of terminal acetylenes is 1. The van der Waals surface area contributed by atoms with E-state index in [2.05, 4.69) is 21.9 Å². The van der Waals surface area contributed by atoms with Crippen LogP contribution in [0.4, 0.5) is 0 Å². The van der Waals surface area contributed by atoms with Crippen LogP contribution in [0.2, 0.25) is 0 Å². The molecule has 0 fully saturated rings. The van der Waals surface area contributed by atoms with E-state index in [0.717, 1.165) is 15.6 Å². The van der Waals surface area contributed by atoms with E-state index >= 15 is 0 Å². The number of aromatic hydroxyl groups is 1. The predicted octanol–water partition coefficient (Wildman–Crippen LogP) is 3.29. The first-order valence-electron chi connectivity index (χ1n) is 5.27. The van der Waals surface area contributed by atoms with Gasteiger partial charge in [-0.1, -0.05) is 33.5 Å². The molecule has 0 saturated carbocycles. The number of phenolic OH excluding ortho intramolecular Hbond substituents is 1. The summed E-state index contributed by atoms with van der Waals surface area (Å²) in [5.41, 5.74) is 1.98. The van der Waals surface area contributed by atoms with Crippen molar-refractivity contribution in [2.45, 2.75) is 13.3 Å². The van der Waals surface area contributed by atoms with Gasteiger partial charge in [0.25, 0.3) is 0 Å². The molecule has 0 unspecified atom stereocenters. The first-order chi connectivity index (χ1) is 8.13. The molecule has 1 aromatic carbocycles. The number of allylic oxidation sites excluding steroid dienone is 1. The van der Waals surface area contributed by atoms with Crippen LogP contribution in [0.1, 0.15) is 12.5 Å². The van der Waals surface area contributed by atoms with E-state index in [-0.39, 0.29) is 0 Å². The Labute approximate surface area is 110 Å². The van der Waals surface area contributed by atoms with Gasteiger partial charge in [0.15, 0.2) is 0 Å². The van der Waals surface area contributed by atoms with Crippen molar-refractivity contribution in [1.29, 1.82) is 0 Å². The van der Waals surface area contributed by atoms with Crippen LogP contribution in [0.15, 0.2) is 34.3 Å². The molecule has 0 aromatic heterocycles. The van der Waals surface area contributed by atoms with Gasteiger partial charge in [0.05, 0.1) is 6.61 Å².